The Bertz CT molecular complexity index is 473. The first kappa shape index (κ1) is 16.3. The van der Waals surface area contributed by atoms with E-state index in [-0.39, 0.29) is 11.8 Å². The summed E-state index contributed by atoms with van der Waals surface area (Å²) < 4.78 is 28.8. The molecule has 0 spiro atoms. The molecule has 19 heavy (non-hydrogen) atoms. The van der Waals surface area contributed by atoms with Crippen LogP contribution in [0.15, 0.2) is 29.2 Å². The summed E-state index contributed by atoms with van der Waals surface area (Å²) in [6.45, 7) is 2.35. The molecule has 0 aromatic heterocycles. The lowest BCUT2D eigenvalue weighted by Crippen LogP contribution is -2.26. The first-order valence-electron chi connectivity index (χ1n) is 6.17. The third-order valence-corrected chi connectivity index (χ3v) is 4.92. The standard InChI is InChI=1S/C13H20ClNO3S/c1-3-8-19(16,17)13-6-4-11(5-7-13)15-12(9-14)10-18-2/h4-7,12,15H,3,8-10H2,1-2H3. The highest BCUT2D eigenvalue weighted by molar-refractivity contribution is 7.91. The summed E-state index contributed by atoms with van der Waals surface area (Å²) in [4.78, 5) is 0.356. The number of benzene rings is 1. The molecule has 4 nitrogen and oxygen atoms in total. The molecule has 1 aromatic rings. The molecule has 0 radical (unpaired) electrons. The van der Waals surface area contributed by atoms with Crippen LogP contribution < -0.4 is 5.32 Å². The number of anilines is 1. The zero-order chi connectivity index (χ0) is 14.3. The molecule has 0 saturated heterocycles. The van der Waals surface area contributed by atoms with Gasteiger partial charge < -0.3 is 10.1 Å². The molecule has 1 aromatic carbocycles. The van der Waals surface area contributed by atoms with Crippen LogP contribution in [-0.2, 0) is 14.6 Å². The van der Waals surface area contributed by atoms with Gasteiger partial charge in [-0.1, -0.05) is 6.92 Å². The zero-order valence-corrected chi connectivity index (χ0v) is 12.8. The van der Waals surface area contributed by atoms with E-state index in [1.165, 1.54) is 0 Å². The van der Waals surface area contributed by atoms with E-state index in [1.807, 2.05) is 6.92 Å². The van der Waals surface area contributed by atoms with Crippen LogP contribution in [0.1, 0.15) is 13.3 Å². The summed E-state index contributed by atoms with van der Waals surface area (Å²) in [5.74, 6) is 0.595. The van der Waals surface area contributed by atoms with Gasteiger partial charge in [0.05, 0.1) is 23.3 Å². The Kier molecular flexibility index (Phi) is 6.62. The number of hydrogen-bond donors (Lipinski definition) is 1. The number of rotatable bonds is 8. The van der Waals surface area contributed by atoms with Gasteiger partial charge in [0, 0.05) is 18.7 Å². The fraction of sp³-hybridized carbons (Fsp3) is 0.538. The Morgan fingerprint density at radius 1 is 1.32 bits per heavy atom. The monoisotopic (exact) mass is 305 g/mol. The molecule has 0 amide bonds. The van der Waals surface area contributed by atoms with E-state index in [0.717, 1.165) is 5.69 Å². The van der Waals surface area contributed by atoms with Gasteiger partial charge >= 0.3 is 0 Å². The zero-order valence-electron chi connectivity index (χ0n) is 11.2. The highest BCUT2D eigenvalue weighted by Gasteiger charge is 2.13. The lowest BCUT2D eigenvalue weighted by atomic mass is 10.3. The van der Waals surface area contributed by atoms with E-state index in [9.17, 15) is 8.42 Å². The van der Waals surface area contributed by atoms with E-state index in [0.29, 0.717) is 23.8 Å². The van der Waals surface area contributed by atoms with Crippen LogP contribution in [0.2, 0.25) is 0 Å². The first-order chi connectivity index (χ1) is 9.03. The number of nitrogens with one attached hydrogen (secondary N) is 1. The van der Waals surface area contributed by atoms with Crippen LogP contribution in [0.25, 0.3) is 0 Å². The third kappa shape index (κ3) is 5.01. The lowest BCUT2D eigenvalue weighted by Gasteiger charge is -2.16. The largest absolute Gasteiger partial charge is 0.383 e. The average Bonchev–Trinajstić information content (AvgIpc) is 2.39. The molecule has 0 aliphatic rings. The molecule has 0 fully saturated rings. The minimum absolute atomic E-state index is 0.00441. The molecule has 108 valence electrons. The van der Waals surface area contributed by atoms with Gasteiger partial charge in [0.2, 0.25) is 0 Å². The molecule has 0 bridgehead atoms. The van der Waals surface area contributed by atoms with Crippen molar-refractivity contribution in [2.45, 2.75) is 24.3 Å². The topological polar surface area (TPSA) is 55.4 Å². The quantitative estimate of drug-likeness (QED) is 0.750. The maximum Gasteiger partial charge on any atom is 0.178 e. The molecule has 1 unspecified atom stereocenters. The van der Waals surface area contributed by atoms with E-state index in [4.69, 9.17) is 16.3 Å². The van der Waals surface area contributed by atoms with Crippen LogP contribution in [0.5, 0.6) is 0 Å². The number of sulfone groups is 1. The highest BCUT2D eigenvalue weighted by atomic mass is 35.5. The molecule has 6 heteroatoms. The van der Waals surface area contributed by atoms with Gasteiger partial charge in [-0.05, 0) is 30.7 Å². The summed E-state index contributed by atoms with van der Waals surface area (Å²) >= 11 is 5.80. The molecule has 0 aliphatic carbocycles. The van der Waals surface area contributed by atoms with Crippen molar-refractivity contribution in [2.24, 2.45) is 0 Å². The fourth-order valence-corrected chi connectivity index (χ4v) is 3.20. The van der Waals surface area contributed by atoms with Gasteiger partial charge in [-0.3, -0.25) is 0 Å². The first-order valence-corrected chi connectivity index (χ1v) is 8.36. The Balaban J connectivity index is 2.76. The van der Waals surface area contributed by atoms with Crippen LogP contribution in [0, 0.1) is 0 Å². The predicted octanol–water partition coefficient (Wildman–Crippen LogP) is 2.54. The molecule has 0 heterocycles. The molecule has 1 rings (SSSR count). The molecule has 0 aliphatic heterocycles. The van der Waals surface area contributed by atoms with Gasteiger partial charge in [-0.15, -0.1) is 11.6 Å². The van der Waals surface area contributed by atoms with Gasteiger partial charge in [0.1, 0.15) is 0 Å². The van der Waals surface area contributed by atoms with Crippen molar-refractivity contribution < 1.29 is 13.2 Å². The maximum atomic E-state index is 11.9. The van der Waals surface area contributed by atoms with E-state index < -0.39 is 9.84 Å². The third-order valence-electron chi connectivity index (χ3n) is 2.61. The molecule has 1 atom stereocenters. The molecular weight excluding hydrogens is 286 g/mol. The second-order valence-corrected chi connectivity index (χ2v) is 6.71. The summed E-state index contributed by atoms with van der Waals surface area (Å²) in [6, 6.07) is 6.73. The van der Waals surface area contributed by atoms with Gasteiger partial charge in [-0.2, -0.15) is 0 Å². The van der Waals surface area contributed by atoms with Crippen LogP contribution in [0.4, 0.5) is 5.69 Å². The smallest absolute Gasteiger partial charge is 0.178 e. The SMILES string of the molecule is CCCS(=O)(=O)c1ccc(NC(CCl)COC)cc1. The summed E-state index contributed by atoms with van der Waals surface area (Å²) in [7, 11) is -1.54. The molecular formula is C13H20ClNO3S. The fourth-order valence-electron chi connectivity index (χ4n) is 1.71. The second-order valence-electron chi connectivity index (χ2n) is 4.29. The van der Waals surface area contributed by atoms with Gasteiger partial charge in [0.15, 0.2) is 9.84 Å². The average molecular weight is 306 g/mol. The Hall–Kier alpha value is -0.780. The van der Waals surface area contributed by atoms with E-state index in [1.54, 1.807) is 31.4 Å². The minimum Gasteiger partial charge on any atom is -0.383 e. The minimum atomic E-state index is -3.15. The van der Waals surface area contributed by atoms with Crippen LogP contribution in [0.3, 0.4) is 0 Å². The summed E-state index contributed by atoms with van der Waals surface area (Å²) in [5, 5.41) is 3.19. The van der Waals surface area contributed by atoms with Crippen molar-refractivity contribution in [2.75, 3.05) is 30.7 Å². The van der Waals surface area contributed by atoms with Crippen LogP contribution >= 0.6 is 11.6 Å². The van der Waals surface area contributed by atoms with E-state index in [2.05, 4.69) is 5.32 Å². The van der Waals surface area contributed by atoms with Crippen molar-refractivity contribution in [3.05, 3.63) is 24.3 Å². The predicted molar refractivity (Wildman–Crippen MR) is 78.8 cm³/mol. The highest BCUT2D eigenvalue weighted by Crippen LogP contribution is 2.17. The van der Waals surface area contributed by atoms with Gasteiger partial charge in [-0.25, -0.2) is 8.42 Å². The number of ether oxygens (including phenoxy) is 1. The van der Waals surface area contributed by atoms with Crippen molar-refractivity contribution in [1.82, 2.24) is 0 Å². The van der Waals surface area contributed by atoms with Crippen molar-refractivity contribution >= 4 is 27.1 Å². The maximum absolute atomic E-state index is 11.9. The Labute approximate surface area is 120 Å². The number of halogens is 1. The van der Waals surface area contributed by atoms with Crippen molar-refractivity contribution in [1.29, 1.82) is 0 Å². The Morgan fingerprint density at radius 3 is 2.42 bits per heavy atom. The van der Waals surface area contributed by atoms with Crippen LogP contribution in [-0.4, -0.2) is 39.8 Å². The molecule has 0 saturated carbocycles. The second kappa shape index (κ2) is 7.72. The van der Waals surface area contributed by atoms with E-state index >= 15 is 0 Å². The molecule has 1 N–H and O–H groups in total. The summed E-state index contributed by atoms with van der Waals surface area (Å²) in [5.41, 5.74) is 0.832. The summed E-state index contributed by atoms with van der Waals surface area (Å²) in [6.07, 6.45) is 0.616. The Morgan fingerprint density at radius 2 is 1.95 bits per heavy atom. The number of alkyl halides is 1. The lowest BCUT2D eigenvalue weighted by molar-refractivity contribution is 0.191. The number of methoxy groups -OCH3 is 1. The normalized spacial score (nSPS) is 13.2. The number of hydrogen-bond acceptors (Lipinski definition) is 4. The van der Waals surface area contributed by atoms with Gasteiger partial charge in [0.25, 0.3) is 0 Å². The van der Waals surface area contributed by atoms with Crippen molar-refractivity contribution in [3.63, 3.8) is 0 Å². The van der Waals surface area contributed by atoms with Crippen molar-refractivity contribution in [3.8, 4) is 0 Å².